The quantitative estimate of drug-likeness (QED) is 0.374. The first-order chi connectivity index (χ1) is 16.0. The van der Waals surface area contributed by atoms with Gasteiger partial charge in [0.05, 0.1) is 28.5 Å². The van der Waals surface area contributed by atoms with Crippen LogP contribution in [0.2, 0.25) is 5.02 Å². The van der Waals surface area contributed by atoms with E-state index in [-0.39, 0.29) is 10.4 Å². The fourth-order valence-electron chi connectivity index (χ4n) is 3.91. The van der Waals surface area contributed by atoms with E-state index in [4.69, 9.17) is 11.6 Å². The van der Waals surface area contributed by atoms with Gasteiger partial charge in [-0.1, -0.05) is 30.7 Å². The lowest BCUT2D eigenvalue weighted by molar-refractivity contribution is 0.623. The fourth-order valence-corrected chi connectivity index (χ4v) is 4.17. The maximum Gasteiger partial charge on any atom is 0.264 e. The van der Waals surface area contributed by atoms with Crippen molar-refractivity contribution in [2.75, 3.05) is 5.32 Å². The minimum absolute atomic E-state index is 0.0243. The minimum Gasteiger partial charge on any atom is -0.360 e. The summed E-state index contributed by atoms with van der Waals surface area (Å²) in [7, 11) is 0. The zero-order valence-corrected chi connectivity index (χ0v) is 18.1. The Morgan fingerprint density at radius 3 is 2.79 bits per heavy atom. The monoisotopic (exact) mass is 466 g/mol. The molecule has 0 unspecified atom stereocenters. The Morgan fingerprint density at radius 2 is 2.00 bits per heavy atom. The third-order valence-electron chi connectivity index (χ3n) is 5.47. The van der Waals surface area contributed by atoms with Gasteiger partial charge in [0, 0.05) is 5.69 Å². The van der Waals surface area contributed by atoms with Crippen molar-refractivity contribution in [1.82, 2.24) is 24.5 Å². The third kappa shape index (κ3) is 3.60. The van der Waals surface area contributed by atoms with Crippen LogP contribution in [0.15, 0.2) is 59.9 Å². The second kappa shape index (κ2) is 8.25. The molecule has 0 aliphatic carbocycles. The number of hydrogen-bond donors (Lipinski definition) is 2. The van der Waals surface area contributed by atoms with Crippen molar-refractivity contribution in [2.24, 2.45) is 0 Å². The summed E-state index contributed by atoms with van der Waals surface area (Å²) >= 11 is 6.16. The second-order valence-corrected chi connectivity index (χ2v) is 7.82. The zero-order chi connectivity index (χ0) is 23.1. The molecule has 0 radical (unpaired) electrons. The van der Waals surface area contributed by atoms with E-state index in [1.807, 2.05) is 6.92 Å². The average molecular weight is 467 g/mol. The summed E-state index contributed by atoms with van der Waals surface area (Å²) in [5, 5.41) is 3.55. The largest absolute Gasteiger partial charge is 0.360 e. The second-order valence-electron chi connectivity index (χ2n) is 7.44. The Labute approximate surface area is 191 Å². The predicted octanol–water partition coefficient (Wildman–Crippen LogP) is 5.15. The Hall–Kier alpha value is -3.85. The van der Waals surface area contributed by atoms with Gasteiger partial charge in [-0.3, -0.25) is 9.36 Å². The highest BCUT2D eigenvalue weighted by molar-refractivity contribution is 6.35. The molecule has 166 valence electrons. The number of rotatable bonds is 5. The van der Waals surface area contributed by atoms with E-state index in [9.17, 15) is 13.6 Å². The number of nitrogens with one attached hydrogen (secondary N) is 2. The first kappa shape index (κ1) is 21.0. The minimum atomic E-state index is -0.702. The van der Waals surface area contributed by atoms with Gasteiger partial charge < -0.3 is 10.3 Å². The van der Waals surface area contributed by atoms with Crippen LogP contribution >= 0.6 is 11.6 Å². The SMILES string of the molecule is CC[C@H](Nc1ncnc2[nH]cnc12)c1cc2ccc(F)c(Cl)c2c(=O)n1-c1cccc(F)c1. The molecular weight excluding hydrogens is 450 g/mol. The van der Waals surface area contributed by atoms with E-state index in [1.54, 1.807) is 12.1 Å². The maximum atomic E-state index is 14.2. The standard InChI is InChI=1S/C23H17ClF2N6O/c1-2-16(31-22-20-21(28-10-27-20)29-11-30-22)17-8-12-6-7-15(26)19(24)18(12)23(33)32(17)14-5-3-4-13(25)9-14/h3-11,16H,2H2,1H3,(H2,27,28,29,30,31)/t16-/m0/s1. The smallest absolute Gasteiger partial charge is 0.264 e. The molecule has 0 saturated heterocycles. The van der Waals surface area contributed by atoms with Crippen molar-refractivity contribution >= 4 is 39.4 Å². The van der Waals surface area contributed by atoms with E-state index in [1.165, 1.54) is 47.6 Å². The molecule has 0 fully saturated rings. The molecule has 0 saturated carbocycles. The van der Waals surface area contributed by atoms with Crippen molar-refractivity contribution in [3.63, 3.8) is 0 Å². The summed E-state index contributed by atoms with van der Waals surface area (Å²) in [5.74, 6) is -0.735. The number of halogens is 3. The summed E-state index contributed by atoms with van der Waals surface area (Å²) in [4.78, 5) is 29.2. The molecule has 0 spiro atoms. The van der Waals surface area contributed by atoms with Crippen LogP contribution in [0.3, 0.4) is 0 Å². The van der Waals surface area contributed by atoms with Crippen molar-refractivity contribution in [3.8, 4) is 5.69 Å². The number of fused-ring (bicyclic) bond motifs is 2. The molecule has 10 heteroatoms. The number of imidazole rings is 1. The Morgan fingerprint density at radius 1 is 1.15 bits per heavy atom. The van der Waals surface area contributed by atoms with Gasteiger partial charge in [0.25, 0.3) is 5.56 Å². The molecule has 3 aromatic heterocycles. The molecule has 7 nitrogen and oxygen atoms in total. The molecule has 5 rings (SSSR count). The van der Waals surface area contributed by atoms with Crippen molar-refractivity contribution in [2.45, 2.75) is 19.4 Å². The van der Waals surface area contributed by atoms with E-state index in [0.717, 1.165) is 0 Å². The van der Waals surface area contributed by atoms with Crippen LogP contribution in [-0.2, 0) is 0 Å². The van der Waals surface area contributed by atoms with Gasteiger partial charge in [0.1, 0.15) is 23.5 Å². The molecule has 3 heterocycles. The topological polar surface area (TPSA) is 88.5 Å². The third-order valence-corrected chi connectivity index (χ3v) is 5.83. The van der Waals surface area contributed by atoms with Crippen molar-refractivity contribution in [3.05, 3.63) is 87.8 Å². The molecule has 0 aliphatic heterocycles. The van der Waals surface area contributed by atoms with Gasteiger partial charge in [-0.25, -0.2) is 23.7 Å². The van der Waals surface area contributed by atoms with Crippen LogP contribution in [0, 0.1) is 11.6 Å². The number of pyridine rings is 1. The molecule has 0 bridgehead atoms. The van der Waals surface area contributed by atoms with Gasteiger partial charge in [0.15, 0.2) is 11.5 Å². The Balaban J connectivity index is 1.76. The van der Waals surface area contributed by atoms with Crippen LogP contribution in [0.1, 0.15) is 25.1 Å². The number of benzene rings is 2. The Bertz CT molecular complexity index is 1560. The van der Waals surface area contributed by atoms with Gasteiger partial charge >= 0.3 is 0 Å². The van der Waals surface area contributed by atoms with E-state index >= 15 is 0 Å². The van der Waals surface area contributed by atoms with Crippen LogP contribution in [0.25, 0.3) is 27.6 Å². The number of hydrogen-bond acceptors (Lipinski definition) is 5. The molecule has 0 aliphatic rings. The van der Waals surface area contributed by atoms with Gasteiger partial charge in [-0.2, -0.15) is 0 Å². The predicted molar refractivity (Wildman–Crippen MR) is 123 cm³/mol. The first-order valence-electron chi connectivity index (χ1n) is 10.2. The summed E-state index contributed by atoms with van der Waals surface area (Å²) in [6.07, 6.45) is 3.46. The number of aromatic nitrogens is 5. The van der Waals surface area contributed by atoms with Gasteiger partial charge in [-0.05, 0) is 42.1 Å². The van der Waals surface area contributed by atoms with Crippen molar-refractivity contribution < 1.29 is 8.78 Å². The average Bonchev–Trinajstić information content (AvgIpc) is 3.29. The van der Waals surface area contributed by atoms with Crippen LogP contribution in [-0.4, -0.2) is 24.5 Å². The molecule has 2 N–H and O–H groups in total. The lowest BCUT2D eigenvalue weighted by Gasteiger charge is -2.23. The molecule has 0 amide bonds. The van der Waals surface area contributed by atoms with E-state index < -0.39 is 23.2 Å². The zero-order valence-electron chi connectivity index (χ0n) is 17.3. The highest BCUT2D eigenvalue weighted by Gasteiger charge is 2.22. The highest BCUT2D eigenvalue weighted by Crippen LogP contribution is 2.30. The van der Waals surface area contributed by atoms with Crippen LogP contribution < -0.4 is 10.9 Å². The van der Waals surface area contributed by atoms with Crippen molar-refractivity contribution in [1.29, 1.82) is 0 Å². The summed E-state index contributed by atoms with van der Waals surface area (Å²) in [5.41, 5.74) is 1.38. The normalized spacial score (nSPS) is 12.4. The summed E-state index contributed by atoms with van der Waals surface area (Å²) in [6, 6.07) is 9.68. The summed E-state index contributed by atoms with van der Waals surface area (Å²) < 4.78 is 29.6. The Kier molecular flexibility index (Phi) is 5.26. The van der Waals surface area contributed by atoms with Crippen LogP contribution in [0.5, 0.6) is 0 Å². The summed E-state index contributed by atoms with van der Waals surface area (Å²) in [6.45, 7) is 1.93. The molecular formula is C23H17ClF2N6O. The maximum absolute atomic E-state index is 14.2. The number of nitrogens with zero attached hydrogens (tertiary/aromatic N) is 4. The first-order valence-corrected chi connectivity index (χ1v) is 10.6. The van der Waals surface area contributed by atoms with Gasteiger partial charge in [0.2, 0.25) is 0 Å². The molecule has 1 atom stereocenters. The van der Waals surface area contributed by atoms with Crippen LogP contribution in [0.4, 0.5) is 14.6 Å². The number of anilines is 1. The lowest BCUT2D eigenvalue weighted by atomic mass is 10.0. The van der Waals surface area contributed by atoms with E-state index in [2.05, 4.69) is 25.3 Å². The van der Waals surface area contributed by atoms with E-state index in [0.29, 0.717) is 40.2 Å². The molecule has 2 aromatic carbocycles. The number of H-pyrrole nitrogens is 1. The molecule has 33 heavy (non-hydrogen) atoms. The lowest BCUT2D eigenvalue weighted by Crippen LogP contribution is -2.27. The molecule has 5 aromatic rings. The fraction of sp³-hybridized carbons (Fsp3) is 0.130. The number of aromatic amines is 1. The van der Waals surface area contributed by atoms with Gasteiger partial charge in [-0.15, -0.1) is 0 Å². The highest BCUT2D eigenvalue weighted by atomic mass is 35.5.